The Morgan fingerprint density at radius 2 is 1.93 bits per heavy atom. The summed E-state index contributed by atoms with van der Waals surface area (Å²) in [5.41, 5.74) is 6.26. The third kappa shape index (κ3) is 3.89. The van der Waals surface area contributed by atoms with Gasteiger partial charge in [0.15, 0.2) is 0 Å². The molecule has 1 aliphatic rings. The van der Waals surface area contributed by atoms with Crippen LogP contribution < -0.4 is 0 Å². The Labute approximate surface area is 162 Å². The number of phenolic OH excluding ortho intramolecular Hbond substituents is 2. The Hall–Kier alpha value is -2.26. The van der Waals surface area contributed by atoms with E-state index in [1.165, 1.54) is 0 Å². The van der Waals surface area contributed by atoms with Crippen molar-refractivity contribution in [2.75, 3.05) is 13.2 Å². The van der Waals surface area contributed by atoms with Crippen LogP contribution in [0.5, 0.6) is 11.5 Å². The molecule has 0 unspecified atom stereocenters. The highest BCUT2D eigenvalue weighted by molar-refractivity contribution is 5.87. The fourth-order valence-corrected chi connectivity index (χ4v) is 3.86. The first-order valence-corrected chi connectivity index (χ1v) is 9.86. The molecule has 0 atom stereocenters. The molecule has 1 fully saturated rings. The lowest BCUT2D eigenvalue weighted by Crippen LogP contribution is -2.26. The van der Waals surface area contributed by atoms with Gasteiger partial charge in [-0.15, -0.1) is 0 Å². The van der Waals surface area contributed by atoms with Gasteiger partial charge >= 0.3 is 0 Å². The molecule has 0 aromatic heterocycles. The zero-order chi connectivity index (χ0) is 19.6. The van der Waals surface area contributed by atoms with E-state index < -0.39 is 0 Å². The Kier molecular flexibility index (Phi) is 5.91. The number of phenols is 2. The van der Waals surface area contributed by atoms with Gasteiger partial charge in [0.25, 0.3) is 0 Å². The Balaban J connectivity index is 2.17. The maximum absolute atomic E-state index is 11.2. The molecule has 2 aromatic carbocycles. The van der Waals surface area contributed by atoms with E-state index in [0.29, 0.717) is 18.8 Å². The van der Waals surface area contributed by atoms with E-state index in [2.05, 4.69) is 13.5 Å². The van der Waals surface area contributed by atoms with Crippen LogP contribution in [0.15, 0.2) is 30.8 Å². The van der Waals surface area contributed by atoms with Gasteiger partial charge in [0.2, 0.25) is 0 Å². The Morgan fingerprint density at radius 1 is 1.19 bits per heavy atom. The van der Waals surface area contributed by atoms with E-state index in [4.69, 9.17) is 4.74 Å². The molecule has 3 nitrogen and oxygen atoms in total. The lowest BCUT2D eigenvalue weighted by atomic mass is 9.84. The van der Waals surface area contributed by atoms with Crippen LogP contribution in [0, 0.1) is 6.92 Å². The van der Waals surface area contributed by atoms with Crippen LogP contribution in [0.3, 0.4) is 0 Å². The molecule has 2 N–H and O–H groups in total. The minimum absolute atomic E-state index is 0.135. The molecule has 1 heterocycles. The van der Waals surface area contributed by atoms with Crippen molar-refractivity contribution in [2.24, 2.45) is 0 Å². The molecule has 1 saturated heterocycles. The van der Waals surface area contributed by atoms with Crippen LogP contribution in [-0.2, 0) is 11.2 Å². The molecule has 3 rings (SSSR count). The summed E-state index contributed by atoms with van der Waals surface area (Å²) in [7, 11) is 0. The number of rotatable bonds is 7. The third-order valence-corrected chi connectivity index (χ3v) is 5.41. The number of hydrogen-bond donors (Lipinski definition) is 2. The zero-order valence-electron chi connectivity index (χ0n) is 16.6. The van der Waals surface area contributed by atoms with Crippen LogP contribution in [0.25, 0.3) is 16.7 Å². The molecule has 27 heavy (non-hydrogen) atoms. The smallest absolute Gasteiger partial charge is 0.131 e. The number of hydrogen-bond acceptors (Lipinski definition) is 3. The minimum Gasteiger partial charge on any atom is -0.507 e. The fourth-order valence-electron chi connectivity index (χ4n) is 3.86. The van der Waals surface area contributed by atoms with Gasteiger partial charge in [-0.25, -0.2) is 0 Å². The first-order chi connectivity index (χ1) is 12.9. The van der Waals surface area contributed by atoms with Crippen molar-refractivity contribution in [3.8, 4) is 22.6 Å². The van der Waals surface area contributed by atoms with Gasteiger partial charge in [0.1, 0.15) is 11.5 Å². The van der Waals surface area contributed by atoms with Gasteiger partial charge in [-0.3, -0.25) is 0 Å². The van der Waals surface area contributed by atoms with Gasteiger partial charge < -0.3 is 14.9 Å². The predicted molar refractivity (Wildman–Crippen MR) is 111 cm³/mol. The van der Waals surface area contributed by atoms with Crippen molar-refractivity contribution in [3.63, 3.8) is 0 Å². The standard InChI is InChI=1S/C24H30O3/c1-5-6-7-8-17-12-21(25)23(24(26)22(17)18-13-27-14-18)20-11-16(4)9-10-19(20)15(2)3/h9-12,18,25-26H,2,5-8,13-14H2,1,3-4H3. The van der Waals surface area contributed by atoms with E-state index in [9.17, 15) is 10.2 Å². The SMILES string of the molecule is C=C(C)c1ccc(C)cc1-c1c(O)cc(CCCCC)c(C2COC2)c1O. The fraction of sp³-hybridized carbons (Fsp3) is 0.417. The average molecular weight is 367 g/mol. The summed E-state index contributed by atoms with van der Waals surface area (Å²) in [5.74, 6) is 0.526. The normalized spacial score (nSPS) is 14.2. The van der Waals surface area contributed by atoms with Crippen LogP contribution in [0.2, 0.25) is 0 Å². The summed E-state index contributed by atoms with van der Waals surface area (Å²) in [4.78, 5) is 0. The molecule has 0 radical (unpaired) electrons. The number of aryl methyl sites for hydroxylation is 2. The second kappa shape index (κ2) is 8.18. The molecular formula is C24H30O3. The van der Waals surface area contributed by atoms with Crippen LogP contribution in [0.4, 0.5) is 0 Å². The summed E-state index contributed by atoms with van der Waals surface area (Å²) in [6.07, 6.45) is 4.20. The number of ether oxygens (including phenoxy) is 1. The highest BCUT2D eigenvalue weighted by Crippen LogP contribution is 2.47. The van der Waals surface area contributed by atoms with E-state index in [-0.39, 0.29) is 17.4 Å². The average Bonchev–Trinajstić information content (AvgIpc) is 2.56. The molecule has 1 aliphatic heterocycles. The summed E-state index contributed by atoms with van der Waals surface area (Å²) in [6, 6.07) is 7.90. The van der Waals surface area contributed by atoms with Crippen LogP contribution in [0.1, 0.15) is 61.3 Å². The third-order valence-electron chi connectivity index (χ3n) is 5.41. The molecule has 0 aliphatic carbocycles. The maximum Gasteiger partial charge on any atom is 0.131 e. The van der Waals surface area contributed by atoms with E-state index in [1.54, 1.807) is 0 Å². The Morgan fingerprint density at radius 3 is 2.52 bits per heavy atom. The minimum atomic E-state index is 0.135. The molecule has 0 amide bonds. The zero-order valence-corrected chi connectivity index (χ0v) is 16.6. The summed E-state index contributed by atoms with van der Waals surface area (Å²) in [5, 5.41) is 22.1. The highest BCUT2D eigenvalue weighted by atomic mass is 16.5. The monoisotopic (exact) mass is 366 g/mol. The van der Waals surface area contributed by atoms with Gasteiger partial charge in [-0.2, -0.15) is 0 Å². The summed E-state index contributed by atoms with van der Waals surface area (Å²) in [6.45, 7) is 11.5. The van der Waals surface area contributed by atoms with Gasteiger partial charge in [-0.1, -0.05) is 55.7 Å². The number of unbranched alkanes of at least 4 members (excludes halogenated alkanes) is 2. The molecule has 144 valence electrons. The molecular weight excluding hydrogens is 336 g/mol. The second-order valence-electron chi connectivity index (χ2n) is 7.71. The van der Waals surface area contributed by atoms with Crippen molar-refractivity contribution >= 4 is 5.57 Å². The largest absolute Gasteiger partial charge is 0.507 e. The number of allylic oxidation sites excluding steroid dienone is 1. The van der Waals surface area contributed by atoms with Crippen molar-refractivity contribution in [3.05, 3.63) is 53.1 Å². The summed E-state index contributed by atoms with van der Waals surface area (Å²) < 4.78 is 5.39. The van der Waals surface area contributed by atoms with Crippen molar-refractivity contribution in [2.45, 2.75) is 52.4 Å². The molecule has 3 heteroatoms. The van der Waals surface area contributed by atoms with Crippen molar-refractivity contribution < 1.29 is 14.9 Å². The number of aromatic hydroxyl groups is 2. The number of benzene rings is 2. The van der Waals surface area contributed by atoms with E-state index in [0.717, 1.165) is 59.1 Å². The maximum atomic E-state index is 11.2. The van der Waals surface area contributed by atoms with Gasteiger partial charge in [0, 0.05) is 11.5 Å². The second-order valence-corrected chi connectivity index (χ2v) is 7.71. The van der Waals surface area contributed by atoms with E-state index in [1.807, 2.05) is 38.1 Å². The van der Waals surface area contributed by atoms with Gasteiger partial charge in [0.05, 0.1) is 18.8 Å². The highest BCUT2D eigenvalue weighted by Gasteiger charge is 2.30. The topological polar surface area (TPSA) is 49.7 Å². The van der Waals surface area contributed by atoms with Gasteiger partial charge in [-0.05, 0) is 49.4 Å². The lowest BCUT2D eigenvalue weighted by molar-refractivity contribution is 0.00717. The predicted octanol–water partition coefficient (Wildman–Crippen LogP) is 5.95. The molecule has 0 spiro atoms. The van der Waals surface area contributed by atoms with E-state index >= 15 is 0 Å². The van der Waals surface area contributed by atoms with Crippen molar-refractivity contribution in [1.82, 2.24) is 0 Å². The lowest BCUT2D eigenvalue weighted by Gasteiger charge is -2.30. The molecule has 0 saturated carbocycles. The molecule has 2 aromatic rings. The first kappa shape index (κ1) is 19.5. The van der Waals surface area contributed by atoms with Crippen LogP contribution >= 0.6 is 0 Å². The quantitative estimate of drug-likeness (QED) is 0.595. The van der Waals surface area contributed by atoms with Crippen molar-refractivity contribution in [1.29, 1.82) is 0 Å². The van der Waals surface area contributed by atoms with Crippen LogP contribution in [-0.4, -0.2) is 23.4 Å². The summed E-state index contributed by atoms with van der Waals surface area (Å²) >= 11 is 0. The Bertz CT molecular complexity index is 847. The molecule has 0 bridgehead atoms. The first-order valence-electron chi connectivity index (χ1n) is 9.86.